The number of nitrogens with zero attached hydrogens (tertiary/aromatic N) is 6. The molecule has 3 aromatic rings. The lowest BCUT2D eigenvalue weighted by atomic mass is 9.89. The summed E-state index contributed by atoms with van der Waals surface area (Å²) in [7, 11) is 1.89. The van der Waals surface area contributed by atoms with Gasteiger partial charge in [0.1, 0.15) is 17.5 Å². The Hall–Kier alpha value is -3.14. The van der Waals surface area contributed by atoms with Gasteiger partial charge in [-0.05, 0) is 0 Å². The summed E-state index contributed by atoms with van der Waals surface area (Å²) in [4.78, 5) is 21.4. The molecule has 0 amide bonds. The number of anilines is 3. The molecule has 0 radical (unpaired) electrons. The number of hydrogen-bond donors (Lipinski definition) is 3. The van der Waals surface area contributed by atoms with Crippen molar-refractivity contribution >= 4 is 17.6 Å². The first-order valence-electron chi connectivity index (χ1n) is 8.63. The average molecular weight is 369 g/mol. The van der Waals surface area contributed by atoms with Crippen LogP contribution in [0.5, 0.6) is 0 Å². The highest BCUT2D eigenvalue weighted by molar-refractivity contribution is 5.60. The number of aromatic nitrogens is 6. The molecule has 0 bridgehead atoms. The maximum Gasteiger partial charge on any atom is 0.222 e. The van der Waals surface area contributed by atoms with Crippen molar-refractivity contribution in [2.45, 2.75) is 25.3 Å². The van der Waals surface area contributed by atoms with E-state index < -0.39 is 5.82 Å². The number of rotatable bonds is 4. The number of imidazole rings is 1. The molecule has 1 aliphatic rings. The van der Waals surface area contributed by atoms with Crippen LogP contribution in [-0.4, -0.2) is 36.0 Å². The van der Waals surface area contributed by atoms with Gasteiger partial charge in [-0.25, -0.2) is 24.3 Å². The zero-order valence-electron chi connectivity index (χ0n) is 15.0. The quantitative estimate of drug-likeness (QED) is 0.632. The second kappa shape index (κ2) is 6.88. The molecule has 4 rings (SSSR count). The Morgan fingerprint density at radius 1 is 1.30 bits per heavy atom. The van der Waals surface area contributed by atoms with Crippen molar-refractivity contribution in [3.63, 3.8) is 0 Å². The molecular formula is C17H20FN9. The van der Waals surface area contributed by atoms with Gasteiger partial charge in [-0.15, -0.1) is 0 Å². The van der Waals surface area contributed by atoms with Crippen molar-refractivity contribution < 1.29 is 4.39 Å². The SMILES string of the molecule is C[C@@H](c1ncc(F)cn1)C1NCCc2nc(N)nc(Nc3cn(C)cn3)c21. The summed E-state index contributed by atoms with van der Waals surface area (Å²) in [5, 5.41) is 6.71. The molecular weight excluding hydrogens is 349 g/mol. The molecule has 1 unspecified atom stereocenters. The Labute approximate surface area is 155 Å². The lowest BCUT2D eigenvalue weighted by molar-refractivity contribution is 0.426. The Kier molecular flexibility index (Phi) is 4.40. The highest BCUT2D eigenvalue weighted by atomic mass is 19.1. The Bertz CT molecular complexity index is 954. The second-order valence-electron chi connectivity index (χ2n) is 6.57. The van der Waals surface area contributed by atoms with E-state index >= 15 is 0 Å². The fourth-order valence-corrected chi connectivity index (χ4v) is 3.33. The average Bonchev–Trinajstić information content (AvgIpc) is 3.05. The second-order valence-corrected chi connectivity index (χ2v) is 6.57. The van der Waals surface area contributed by atoms with Crippen molar-refractivity contribution in [3.05, 3.63) is 47.8 Å². The molecule has 3 aromatic heterocycles. The highest BCUT2D eigenvalue weighted by Crippen LogP contribution is 2.37. The largest absolute Gasteiger partial charge is 0.368 e. The number of fused-ring (bicyclic) bond motifs is 1. The van der Waals surface area contributed by atoms with Gasteiger partial charge in [0, 0.05) is 43.7 Å². The number of aryl methyl sites for hydroxylation is 1. The van der Waals surface area contributed by atoms with Gasteiger partial charge in [0.05, 0.1) is 24.4 Å². The number of halogens is 1. The monoisotopic (exact) mass is 369 g/mol. The van der Waals surface area contributed by atoms with Crippen LogP contribution in [0.25, 0.3) is 0 Å². The van der Waals surface area contributed by atoms with E-state index in [0.717, 1.165) is 24.2 Å². The first-order chi connectivity index (χ1) is 13.0. The van der Waals surface area contributed by atoms with E-state index in [9.17, 15) is 4.39 Å². The minimum atomic E-state index is -0.462. The van der Waals surface area contributed by atoms with Crippen LogP contribution in [0.3, 0.4) is 0 Å². The molecule has 2 atom stereocenters. The fourth-order valence-electron chi connectivity index (χ4n) is 3.33. The summed E-state index contributed by atoms with van der Waals surface area (Å²) < 4.78 is 15.0. The molecule has 27 heavy (non-hydrogen) atoms. The number of nitrogen functional groups attached to an aromatic ring is 1. The highest BCUT2D eigenvalue weighted by Gasteiger charge is 2.32. The van der Waals surface area contributed by atoms with Crippen molar-refractivity contribution in [3.8, 4) is 0 Å². The number of nitrogens with one attached hydrogen (secondary N) is 2. The Balaban J connectivity index is 1.74. The summed E-state index contributed by atoms with van der Waals surface area (Å²) >= 11 is 0. The van der Waals surface area contributed by atoms with E-state index in [4.69, 9.17) is 5.73 Å². The zero-order chi connectivity index (χ0) is 19.0. The van der Waals surface area contributed by atoms with E-state index in [0.29, 0.717) is 17.5 Å². The van der Waals surface area contributed by atoms with Crippen LogP contribution in [0.15, 0.2) is 24.9 Å². The zero-order valence-corrected chi connectivity index (χ0v) is 15.0. The van der Waals surface area contributed by atoms with Crippen LogP contribution in [0.2, 0.25) is 0 Å². The van der Waals surface area contributed by atoms with E-state index in [1.54, 1.807) is 6.33 Å². The lowest BCUT2D eigenvalue weighted by Crippen LogP contribution is -2.35. The third-order valence-corrected chi connectivity index (χ3v) is 4.58. The summed E-state index contributed by atoms with van der Waals surface area (Å²) in [6.45, 7) is 2.73. The summed E-state index contributed by atoms with van der Waals surface area (Å²) in [6, 6.07) is -0.147. The van der Waals surface area contributed by atoms with Gasteiger partial charge < -0.3 is 20.9 Å². The molecule has 0 fully saturated rings. The first-order valence-corrected chi connectivity index (χ1v) is 8.63. The van der Waals surface area contributed by atoms with Crippen LogP contribution in [0.4, 0.5) is 22.0 Å². The van der Waals surface area contributed by atoms with E-state index in [1.165, 1.54) is 12.4 Å². The van der Waals surface area contributed by atoms with Gasteiger partial charge in [0.15, 0.2) is 5.82 Å². The molecule has 0 saturated heterocycles. The third kappa shape index (κ3) is 3.43. The van der Waals surface area contributed by atoms with Gasteiger partial charge in [-0.1, -0.05) is 6.92 Å². The lowest BCUT2D eigenvalue weighted by Gasteiger charge is -2.31. The molecule has 140 valence electrons. The molecule has 4 N–H and O–H groups in total. The molecule has 9 nitrogen and oxygen atoms in total. The Morgan fingerprint density at radius 3 is 2.78 bits per heavy atom. The van der Waals surface area contributed by atoms with Gasteiger partial charge in [0.2, 0.25) is 5.95 Å². The van der Waals surface area contributed by atoms with Crippen molar-refractivity contribution in [2.24, 2.45) is 7.05 Å². The maximum absolute atomic E-state index is 13.2. The molecule has 1 aliphatic heterocycles. The van der Waals surface area contributed by atoms with Crippen LogP contribution in [0, 0.1) is 5.82 Å². The summed E-state index contributed by atoms with van der Waals surface area (Å²) in [6.07, 6.45) is 6.63. The molecule has 0 saturated carbocycles. The van der Waals surface area contributed by atoms with Crippen molar-refractivity contribution in [1.29, 1.82) is 0 Å². The van der Waals surface area contributed by atoms with Crippen molar-refractivity contribution in [2.75, 3.05) is 17.6 Å². The van der Waals surface area contributed by atoms with Gasteiger partial charge in [0.25, 0.3) is 0 Å². The Morgan fingerprint density at radius 2 is 2.07 bits per heavy atom. The fraction of sp³-hybridized carbons (Fsp3) is 0.353. The van der Waals surface area contributed by atoms with Crippen LogP contribution in [0.1, 0.15) is 36.0 Å². The summed E-state index contributed by atoms with van der Waals surface area (Å²) in [5.74, 6) is 1.42. The van der Waals surface area contributed by atoms with Gasteiger partial charge in [-0.3, -0.25) is 0 Å². The predicted octanol–water partition coefficient (Wildman–Crippen LogP) is 1.46. The van der Waals surface area contributed by atoms with Gasteiger partial charge >= 0.3 is 0 Å². The standard InChI is InChI=1S/C17H20FN9/c1-9(15-21-5-10(18)6-22-15)14-13-11(3-4-20-14)24-17(19)26-16(13)25-12-7-27(2)8-23-12/h5-9,14,20H,3-4H2,1-2H3,(H3,19,24,25,26)/t9-,14?/m1/s1. The molecule has 0 aromatic carbocycles. The van der Waals surface area contributed by atoms with E-state index in [2.05, 4.69) is 35.6 Å². The minimum absolute atomic E-state index is 0.124. The first kappa shape index (κ1) is 17.3. The van der Waals surface area contributed by atoms with Crippen molar-refractivity contribution in [1.82, 2.24) is 34.8 Å². The molecule has 4 heterocycles. The predicted molar refractivity (Wildman–Crippen MR) is 97.8 cm³/mol. The normalized spacial score (nSPS) is 17.4. The minimum Gasteiger partial charge on any atom is -0.368 e. The van der Waals surface area contributed by atoms with Crippen LogP contribution >= 0.6 is 0 Å². The van der Waals surface area contributed by atoms with Crippen LogP contribution in [-0.2, 0) is 13.5 Å². The number of nitrogens with two attached hydrogens (primary N) is 1. The number of hydrogen-bond acceptors (Lipinski definition) is 8. The topological polar surface area (TPSA) is 119 Å². The van der Waals surface area contributed by atoms with E-state index in [1.807, 2.05) is 24.7 Å². The van der Waals surface area contributed by atoms with E-state index in [-0.39, 0.29) is 17.9 Å². The molecule has 10 heteroatoms. The van der Waals surface area contributed by atoms with Crippen LogP contribution < -0.4 is 16.4 Å². The smallest absolute Gasteiger partial charge is 0.222 e. The third-order valence-electron chi connectivity index (χ3n) is 4.58. The molecule has 0 aliphatic carbocycles. The maximum atomic E-state index is 13.2. The molecule has 0 spiro atoms. The van der Waals surface area contributed by atoms with Gasteiger partial charge in [-0.2, -0.15) is 4.98 Å². The summed E-state index contributed by atoms with van der Waals surface area (Å²) in [5.41, 5.74) is 7.69.